The number of benzene rings is 1. The van der Waals surface area contributed by atoms with Gasteiger partial charge in [-0.05, 0) is 24.1 Å². The molecule has 6 heteroatoms. The number of nitrogens with one attached hydrogen (secondary N) is 1. The van der Waals surface area contributed by atoms with Crippen molar-refractivity contribution in [3.8, 4) is 11.4 Å². The smallest absolute Gasteiger partial charge is 0.351 e. The Kier molecular flexibility index (Phi) is 2.63. The van der Waals surface area contributed by atoms with Crippen molar-refractivity contribution in [1.82, 2.24) is 14.3 Å². The van der Waals surface area contributed by atoms with Gasteiger partial charge in [-0.15, -0.1) is 0 Å². The zero-order chi connectivity index (χ0) is 12.6. The van der Waals surface area contributed by atoms with E-state index in [1.807, 2.05) is 6.92 Å². The highest BCUT2D eigenvalue weighted by Gasteiger charge is 2.11. The Morgan fingerprint density at radius 1 is 1.35 bits per heavy atom. The molecule has 1 aromatic carbocycles. The standard InChI is InChI=1S/C11H13N3O3/c1-3-7-4-5-9(15)8(6-7)14-11(17)13(2)10(16)12-14/h4-6,15H,3H2,1-2H3,(H,12,16). The Bertz CT molecular complexity index is 663. The molecule has 2 N–H and O–H groups in total. The minimum atomic E-state index is -0.517. The van der Waals surface area contributed by atoms with Gasteiger partial charge < -0.3 is 5.11 Å². The molecule has 2 rings (SSSR count). The Hall–Kier alpha value is -2.24. The Balaban J connectivity index is 2.72. The van der Waals surface area contributed by atoms with Crippen molar-refractivity contribution < 1.29 is 5.11 Å². The second-order valence-electron chi connectivity index (χ2n) is 3.77. The molecule has 1 heterocycles. The van der Waals surface area contributed by atoms with Crippen molar-refractivity contribution in [2.45, 2.75) is 13.3 Å². The van der Waals surface area contributed by atoms with E-state index in [4.69, 9.17) is 0 Å². The van der Waals surface area contributed by atoms with Crippen LogP contribution in [0.3, 0.4) is 0 Å². The highest BCUT2D eigenvalue weighted by molar-refractivity contribution is 5.47. The lowest BCUT2D eigenvalue weighted by Gasteiger charge is -2.05. The number of nitrogens with zero attached hydrogens (tertiary/aromatic N) is 2. The summed E-state index contributed by atoms with van der Waals surface area (Å²) in [5.41, 5.74) is 0.219. The van der Waals surface area contributed by atoms with Gasteiger partial charge in [0.1, 0.15) is 11.4 Å². The summed E-state index contributed by atoms with van der Waals surface area (Å²) in [7, 11) is 1.37. The van der Waals surface area contributed by atoms with E-state index < -0.39 is 11.4 Å². The molecule has 6 nitrogen and oxygen atoms in total. The fourth-order valence-electron chi connectivity index (χ4n) is 1.59. The number of rotatable bonds is 2. The Morgan fingerprint density at radius 2 is 2.06 bits per heavy atom. The number of hydrogen-bond acceptors (Lipinski definition) is 3. The summed E-state index contributed by atoms with van der Waals surface area (Å²) < 4.78 is 1.98. The summed E-state index contributed by atoms with van der Waals surface area (Å²) in [6, 6.07) is 4.95. The summed E-state index contributed by atoms with van der Waals surface area (Å²) in [6.45, 7) is 1.96. The molecule has 0 fully saturated rings. The van der Waals surface area contributed by atoms with Crippen molar-refractivity contribution in [3.63, 3.8) is 0 Å². The van der Waals surface area contributed by atoms with Crippen LogP contribution in [0, 0.1) is 0 Å². The van der Waals surface area contributed by atoms with E-state index in [9.17, 15) is 14.7 Å². The van der Waals surface area contributed by atoms with Crippen LogP contribution in [-0.2, 0) is 13.5 Å². The predicted octanol–water partition coefficient (Wildman–Crippen LogP) is 0.132. The molecule has 0 saturated carbocycles. The average molecular weight is 235 g/mol. The molecule has 0 bridgehead atoms. The number of phenolic OH excluding ortho intramolecular Hbond substituents is 1. The molecular weight excluding hydrogens is 222 g/mol. The van der Waals surface area contributed by atoms with Crippen LogP contribution in [0.2, 0.25) is 0 Å². The topological polar surface area (TPSA) is 80.0 Å². The number of phenols is 1. The van der Waals surface area contributed by atoms with Crippen molar-refractivity contribution in [3.05, 3.63) is 44.7 Å². The molecular formula is C11H13N3O3. The molecule has 2 aromatic rings. The van der Waals surface area contributed by atoms with Crippen molar-refractivity contribution in [2.75, 3.05) is 0 Å². The summed E-state index contributed by atoms with van der Waals surface area (Å²) in [6.07, 6.45) is 0.777. The molecule has 0 amide bonds. The van der Waals surface area contributed by atoms with E-state index >= 15 is 0 Å². The first-order valence-corrected chi connectivity index (χ1v) is 5.25. The molecule has 90 valence electrons. The summed E-state index contributed by atoms with van der Waals surface area (Å²) in [5.74, 6) is -0.0499. The third kappa shape index (κ3) is 1.77. The average Bonchev–Trinajstić information content (AvgIpc) is 2.58. The normalized spacial score (nSPS) is 10.7. The quantitative estimate of drug-likeness (QED) is 0.776. The molecule has 1 aromatic heterocycles. The maximum Gasteiger partial charge on any atom is 0.351 e. The lowest BCUT2D eigenvalue weighted by Crippen LogP contribution is -2.25. The lowest BCUT2D eigenvalue weighted by molar-refractivity contribution is 0.469. The van der Waals surface area contributed by atoms with E-state index in [0.29, 0.717) is 0 Å². The third-order valence-electron chi connectivity index (χ3n) is 2.68. The van der Waals surface area contributed by atoms with Crippen LogP contribution in [-0.4, -0.2) is 19.5 Å². The number of aromatic hydroxyl groups is 1. The number of hydrogen-bond donors (Lipinski definition) is 2. The van der Waals surface area contributed by atoms with Gasteiger partial charge in [-0.3, -0.25) is 0 Å². The SMILES string of the molecule is CCc1ccc(O)c(-n2[nH]c(=O)n(C)c2=O)c1. The van der Waals surface area contributed by atoms with Crippen LogP contribution in [0.4, 0.5) is 0 Å². The molecule has 0 aliphatic carbocycles. The molecule has 0 spiro atoms. The van der Waals surface area contributed by atoms with Gasteiger partial charge in [0.2, 0.25) is 0 Å². The highest BCUT2D eigenvalue weighted by atomic mass is 16.3. The predicted molar refractivity (Wildman–Crippen MR) is 62.7 cm³/mol. The molecule has 17 heavy (non-hydrogen) atoms. The first-order chi connectivity index (χ1) is 8.04. The molecule has 0 aliphatic rings. The first-order valence-electron chi connectivity index (χ1n) is 5.25. The van der Waals surface area contributed by atoms with Crippen LogP contribution in [0.1, 0.15) is 12.5 Å². The van der Waals surface area contributed by atoms with E-state index in [-0.39, 0.29) is 11.4 Å². The third-order valence-corrected chi connectivity index (χ3v) is 2.68. The zero-order valence-corrected chi connectivity index (χ0v) is 9.60. The molecule has 0 atom stereocenters. The van der Waals surface area contributed by atoms with Gasteiger partial charge in [-0.25, -0.2) is 19.3 Å². The second-order valence-corrected chi connectivity index (χ2v) is 3.77. The fourth-order valence-corrected chi connectivity index (χ4v) is 1.59. The van der Waals surface area contributed by atoms with E-state index in [0.717, 1.165) is 21.2 Å². The summed E-state index contributed by atoms with van der Waals surface area (Å²) in [5, 5.41) is 12.1. The molecule has 0 aliphatic heterocycles. The monoisotopic (exact) mass is 235 g/mol. The fraction of sp³-hybridized carbons (Fsp3) is 0.273. The van der Waals surface area contributed by atoms with Gasteiger partial charge in [0.25, 0.3) is 0 Å². The lowest BCUT2D eigenvalue weighted by atomic mass is 10.1. The summed E-state index contributed by atoms with van der Waals surface area (Å²) >= 11 is 0. The van der Waals surface area contributed by atoms with Crippen LogP contribution in [0.5, 0.6) is 5.75 Å². The van der Waals surface area contributed by atoms with E-state index in [1.165, 1.54) is 13.1 Å². The van der Waals surface area contributed by atoms with Crippen molar-refractivity contribution >= 4 is 0 Å². The maximum atomic E-state index is 11.7. The summed E-state index contributed by atoms with van der Waals surface area (Å²) in [4.78, 5) is 23.0. The minimum absolute atomic E-state index is 0.0499. The first kappa shape index (κ1) is 11.3. The molecule has 0 saturated heterocycles. The number of H-pyrrole nitrogens is 1. The minimum Gasteiger partial charge on any atom is -0.506 e. The van der Waals surface area contributed by atoms with Crippen LogP contribution >= 0.6 is 0 Å². The van der Waals surface area contributed by atoms with Gasteiger partial charge in [-0.2, -0.15) is 4.68 Å². The number of aryl methyl sites for hydroxylation is 1. The van der Waals surface area contributed by atoms with Crippen molar-refractivity contribution in [2.24, 2.45) is 7.05 Å². The van der Waals surface area contributed by atoms with E-state index in [1.54, 1.807) is 12.1 Å². The van der Waals surface area contributed by atoms with Gasteiger partial charge in [0.15, 0.2) is 0 Å². The van der Waals surface area contributed by atoms with Crippen LogP contribution in [0.15, 0.2) is 27.8 Å². The van der Waals surface area contributed by atoms with Crippen LogP contribution in [0.25, 0.3) is 5.69 Å². The van der Waals surface area contributed by atoms with Gasteiger partial charge in [-0.1, -0.05) is 13.0 Å². The number of aromatic nitrogens is 3. The number of aromatic amines is 1. The van der Waals surface area contributed by atoms with Gasteiger partial charge in [0, 0.05) is 7.05 Å². The Morgan fingerprint density at radius 3 is 2.59 bits per heavy atom. The highest BCUT2D eigenvalue weighted by Crippen LogP contribution is 2.20. The van der Waals surface area contributed by atoms with Crippen molar-refractivity contribution in [1.29, 1.82) is 0 Å². The van der Waals surface area contributed by atoms with Gasteiger partial charge in [0.05, 0.1) is 0 Å². The second kappa shape index (κ2) is 3.97. The maximum absolute atomic E-state index is 11.7. The molecule has 0 radical (unpaired) electrons. The molecule has 0 unspecified atom stereocenters. The zero-order valence-electron chi connectivity index (χ0n) is 9.60. The largest absolute Gasteiger partial charge is 0.506 e. The Labute approximate surface area is 96.7 Å². The van der Waals surface area contributed by atoms with E-state index in [2.05, 4.69) is 5.10 Å². The van der Waals surface area contributed by atoms with Gasteiger partial charge >= 0.3 is 11.4 Å². The van der Waals surface area contributed by atoms with Crippen LogP contribution < -0.4 is 11.4 Å².